The molecule has 218 valence electrons. The van der Waals surface area contributed by atoms with E-state index in [4.69, 9.17) is 9.47 Å². The molecule has 0 radical (unpaired) electrons. The van der Waals surface area contributed by atoms with E-state index in [2.05, 4.69) is 0 Å². The zero-order chi connectivity index (χ0) is 28.4. The number of nitrogens with zero attached hydrogens (tertiary/aromatic N) is 2. The molecule has 0 aromatic heterocycles. The Bertz CT molecular complexity index is 1040. The fourth-order valence-electron chi connectivity index (χ4n) is 9.67. The highest BCUT2D eigenvalue weighted by Gasteiger charge is 2.68. The Balaban J connectivity index is 1.02. The molecule has 0 spiro atoms. The van der Waals surface area contributed by atoms with Crippen molar-refractivity contribution in [2.45, 2.75) is 77.0 Å². The minimum atomic E-state index is -0.867. The molecule has 0 aromatic carbocycles. The average Bonchev–Trinajstić information content (AvgIpc) is 3.42. The number of unbranched alkanes of at least 4 members (excludes halogenated alkanes) is 3. The van der Waals surface area contributed by atoms with Crippen LogP contribution in [0.25, 0.3) is 0 Å². The second-order valence-corrected chi connectivity index (χ2v) is 13.0. The smallest absolute Gasteiger partial charge is 0.312 e. The first-order chi connectivity index (χ1) is 19.2. The molecule has 8 aliphatic rings. The fraction of sp³-hybridized carbons (Fsp3) is 0.800. The summed E-state index contributed by atoms with van der Waals surface area (Å²) in [6, 6.07) is 0. The first-order valence-corrected chi connectivity index (χ1v) is 15.1. The highest BCUT2D eigenvalue weighted by atomic mass is 16.5. The van der Waals surface area contributed by atoms with Crippen LogP contribution in [0.15, 0.2) is 0 Å². The highest BCUT2D eigenvalue weighted by Crippen LogP contribution is 2.61. The molecule has 6 saturated carbocycles. The third-order valence-electron chi connectivity index (χ3n) is 11.6. The van der Waals surface area contributed by atoms with Crippen LogP contribution in [0, 0.1) is 46.3 Å². The van der Waals surface area contributed by atoms with Gasteiger partial charge in [-0.05, 0) is 76.0 Å². The van der Waals surface area contributed by atoms with Gasteiger partial charge in [-0.3, -0.25) is 38.6 Å². The van der Waals surface area contributed by atoms with Gasteiger partial charge >= 0.3 is 11.9 Å². The van der Waals surface area contributed by atoms with E-state index >= 15 is 0 Å². The number of carbonyl (C=O) groups excluding carboxylic acids is 6. The van der Waals surface area contributed by atoms with Gasteiger partial charge in [0.25, 0.3) is 0 Å². The van der Waals surface area contributed by atoms with E-state index in [1.165, 1.54) is 24.0 Å². The molecule has 10 nitrogen and oxygen atoms in total. The van der Waals surface area contributed by atoms with Crippen LogP contribution in [0.5, 0.6) is 0 Å². The maximum atomic E-state index is 13.4. The zero-order valence-electron chi connectivity index (χ0n) is 23.5. The van der Waals surface area contributed by atoms with Gasteiger partial charge in [-0.2, -0.15) is 0 Å². The third kappa shape index (κ3) is 3.66. The van der Waals surface area contributed by atoms with Gasteiger partial charge < -0.3 is 9.47 Å². The number of carbonyl (C=O) groups is 6. The van der Waals surface area contributed by atoms with Gasteiger partial charge in [-0.1, -0.05) is 12.8 Å². The van der Waals surface area contributed by atoms with Crippen LogP contribution in [-0.4, -0.2) is 72.7 Å². The van der Waals surface area contributed by atoms with Crippen molar-refractivity contribution in [3.05, 3.63) is 0 Å². The lowest BCUT2D eigenvalue weighted by atomic mass is 9.51. The molecular weight excluding hydrogens is 516 g/mol. The summed E-state index contributed by atoms with van der Waals surface area (Å²) < 4.78 is 10.2. The van der Waals surface area contributed by atoms with E-state index < -0.39 is 34.5 Å². The Morgan fingerprint density at radius 1 is 0.625 bits per heavy atom. The molecule has 0 N–H and O–H groups in total. The summed E-state index contributed by atoms with van der Waals surface area (Å²) in [5, 5.41) is 0. The predicted octanol–water partition coefficient (Wildman–Crippen LogP) is 2.48. The van der Waals surface area contributed by atoms with E-state index in [0.717, 1.165) is 38.5 Å². The Kier molecular flexibility index (Phi) is 6.81. The number of methoxy groups -OCH3 is 2. The standard InChI is InChI=1S/C30H40N2O8/c1-39-27(37)29-11-7-17(8-12-29)19-21(29)25(35)31(23(19)33)15-5-3-4-6-16-32-24(34)20-18-9-13-30(14-10-18,28(38)40-2)22(20)26(32)36/h17-22H,3-16H2,1-2H3/t17?,18?,19-,20+,21-,22-,29?,30?/m1/s1. The number of likely N-dealkylation sites (tertiary alicyclic amines) is 2. The van der Waals surface area contributed by atoms with Gasteiger partial charge in [0.15, 0.2) is 0 Å². The Labute approximate surface area is 234 Å². The first kappa shape index (κ1) is 27.4. The molecule has 8 rings (SSSR count). The molecule has 4 atom stereocenters. The summed E-state index contributed by atoms with van der Waals surface area (Å²) in [4.78, 5) is 81.6. The van der Waals surface area contributed by atoms with Crippen LogP contribution in [0.2, 0.25) is 0 Å². The molecule has 2 aliphatic heterocycles. The van der Waals surface area contributed by atoms with Crippen molar-refractivity contribution >= 4 is 35.6 Å². The number of esters is 2. The van der Waals surface area contributed by atoms with Gasteiger partial charge in [0.05, 0.1) is 48.7 Å². The van der Waals surface area contributed by atoms with Gasteiger partial charge in [0.1, 0.15) is 0 Å². The normalized spacial score (nSPS) is 39.5. The van der Waals surface area contributed by atoms with E-state index in [1.54, 1.807) is 0 Å². The molecule has 40 heavy (non-hydrogen) atoms. The monoisotopic (exact) mass is 556 g/mol. The molecule has 2 heterocycles. The largest absolute Gasteiger partial charge is 0.469 e. The highest BCUT2D eigenvalue weighted by molar-refractivity contribution is 6.09. The second kappa shape index (κ2) is 9.94. The lowest BCUT2D eigenvalue weighted by Gasteiger charge is -2.49. The Morgan fingerprint density at radius 2 is 0.975 bits per heavy atom. The minimum Gasteiger partial charge on any atom is -0.469 e. The van der Waals surface area contributed by atoms with Crippen molar-refractivity contribution in [1.82, 2.24) is 9.80 Å². The van der Waals surface area contributed by atoms with E-state index in [-0.39, 0.29) is 47.4 Å². The molecule has 10 heteroatoms. The van der Waals surface area contributed by atoms with Crippen LogP contribution in [0.1, 0.15) is 77.0 Å². The quantitative estimate of drug-likeness (QED) is 0.241. The summed E-state index contributed by atoms with van der Waals surface area (Å²) in [5.74, 6) is -3.16. The molecule has 0 aromatic rings. The van der Waals surface area contributed by atoms with Crippen molar-refractivity contribution in [3.8, 4) is 0 Å². The molecule has 0 unspecified atom stereocenters. The summed E-state index contributed by atoms with van der Waals surface area (Å²) in [7, 11) is 2.70. The summed E-state index contributed by atoms with van der Waals surface area (Å²) in [5.41, 5.74) is -1.73. The molecular formula is C30H40N2O8. The maximum Gasteiger partial charge on any atom is 0.312 e. The first-order valence-electron chi connectivity index (χ1n) is 15.1. The number of fused-ring (bicyclic) bond motifs is 4. The lowest BCUT2D eigenvalue weighted by molar-refractivity contribution is -0.173. The minimum absolute atomic E-state index is 0.141. The van der Waals surface area contributed by atoms with Gasteiger partial charge in [0.2, 0.25) is 23.6 Å². The van der Waals surface area contributed by atoms with Gasteiger partial charge in [-0.25, -0.2) is 0 Å². The summed E-state index contributed by atoms with van der Waals surface area (Å²) >= 11 is 0. The van der Waals surface area contributed by atoms with Crippen molar-refractivity contribution in [1.29, 1.82) is 0 Å². The van der Waals surface area contributed by atoms with Crippen molar-refractivity contribution in [2.24, 2.45) is 46.3 Å². The van der Waals surface area contributed by atoms with Crippen molar-refractivity contribution in [3.63, 3.8) is 0 Å². The lowest BCUT2D eigenvalue weighted by Crippen LogP contribution is -2.54. The third-order valence-corrected chi connectivity index (χ3v) is 11.6. The number of ether oxygens (including phenoxy) is 2. The number of imide groups is 2. The number of hydrogen-bond donors (Lipinski definition) is 0. The predicted molar refractivity (Wildman–Crippen MR) is 139 cm³/mol. The Hall–Kier alpha value is -2.78. The molecule has 4 bridgehead atoms. The maximum absolute atomic E-state index is 13.4. The van der Waals surface area contributed by atoms with Gasteiger partial charge in [-0.15, -0.1) is 0 Å². The summed E-state index contributed by atoms with van der Waals surface area (Å²) in [6.45, 7) is 0.646. The number of hydrogen-bond acceptors (Lipinski definition) is 8. The van der Waals surface area contributed by atoms with E-state index in [9.17, 15) is 28.8 Å². The Morgan fingerprint density at radius 3 is 1.30 bits per heavy atom. The van der Waals surface area contributed by atoms with Crippen molar-refractivity contribution < 1.29 is 38.2 Å². The van der Waals surface area contributed by atoms with Crippen LogP contribution < -0.4 is 0 Å². The van der Waals surface area contributed by atoms with Crippen LogP contribution in [0.4, 0.5) is 0 Å². The number of amides is 4. The van der Waals surface area contributed by atoms with E-state index in [1.807, 2.05) is 0 Å². The van der Waals surface area contributed by atoms with Crippen LogP contribution in [-0.2, 0) is 38.2 Å². The topological polar surface area (TPSA) is 127 Å². The molecule has 4 amide bonds. The molecule has 8 fully saturated rings. The molecule has 6 aliphatic carbocycles. The van der Waals surface area contributed by atoms with Crippen LogP contribution in [0.3, 0.4) is 0 Å². The fourth-order valence-corrected chi connectivity index (χ4v) is 9.67. The second-order valence-electron chi connectivity index (χ2n) is 13.0. The SMILES string of the molecule is COC(=O)C12CCC(CC1)[C@H]1C(=O)N(CCCCCCN3C(=O)[C@H]4C5CCC(C(=O)OC)(CC5)[C@H]4C3=O)C(=O)[C@@H]12. The molecule has 2 saturated heterocycles. The van der Waals surface area contributed by atoms with Gasteiger partial charge in [0, 0.05) is 13.1 Å². The average molecular weight is 557 g/mol. The number of rotatable bonds is 9. The van der Waals surface area contributed by atoms with Crippen LogP contribution >= 0.6 is 0 Å². The zero-order valence-corrected chi connectivity index (χ0v) is 23.5. The van der Waals surface area contributed by atoms with Crippen molar-refractivity contribution in [2.75, 3.05) is 27.3 Å². The summed E-state index contributed by atoms with van der Waals surface area (Å²) in [6.07, 6.45) is 8.30. The van der Waals surface area contributed by atoms with E-state index in [0.29, 0.717) is 51.6 Å².